The zero-order valence-electron chi connectivity index (χ0n) is 26.3. The quantitative estimate of drug-likeness (QED) is 0.403. The van der Waals surface area contributed by atoms with E-state index in [9.17, 15) is 19.1 Å². The lowest BCUT2D eigenvalue weighted by Crippen LogP contribution is -2.44. The molecule has 2 aliphatic heterocycles. The molecule has 2 amide bonds. The van der Waals surface area contributed by atoms with Gasteiger partial charge in [0, 0.05) is 49.4 Å². The molecule has 8 nitrogen and oxygen atoms in total. The summed E-state index contributed by atoms with van der Waals surface area (Å²) < 4.78 is 20.7. The number of piperidine rings is 1. The number of hydrogen-bond donors (Lipinski definition) is 2. The molecule has 0 bridgehead atoms. The fourth-order valence-electron chi connectivity index (χ4n) is 5.28. The monoisotopic (exact) mass is 586 g/mol. The third-order valence-electron chi connectivity index (χ3n) is 7.96. The number of amides is 2. The SMILES string of the molecule is CC.CC(N)=O.CCC(F)(CC)CN1CCC(COc2ccc(-c3ccc(C(=O)N4CC(O)CC4C)cc3)cn2)CC1. The molecule has 234 valence electrons. The number of nitrogens with two attached hydrogens (primary N) is 1. The summed E-state index contributed by atoms with van der Waals surface area (Å²) in [6, 6.07) is 11.4. The summed E-state index contributed by atoms with van der Waals surface area (Å²) in [6.45, 7) is 14.5. The molecule has 42 heavy (non-hydrogen) atoms. The lowest BCUT2D eigenvalue weighted by Gasteiger charge is -2.36. The average Bonchev–Trinajstić information content (AvgIpc) is 3.35. The number of aliphatic hydroxyl groups is 1. The topological polar surface area (TPSA) is 109 Å². The third kappa shape index (κ3) is 10.7. The molecular formula is C33H51FN4O4. The van der Waals surface area contributed by atoms with Crippen LogP contribution in [0.25, 0.3) is 11.1 Å². The van der Waals surface area contributed by atoms with Crippen LogP contribution in [0.5, 0.6) is 5.88 Å². The van der Waals surface area contributed by atoms with E-state index in [2.05, 4.69) is 15.6 Å². The fraction of sp³-hybridized carbons (Fsp3) is 0.606. The number of alkyl halides is 1. The summed E-state index contributed by atoms with van der Waals surface area (Å²) >= 11 is 0. The zero-order valence-corrected chi connectivity index (χ0v) is 26.3. The molecule has 1 aromatic carbocycles. The highest BCUT2D eigenvalue weighted by atomic mass is 19.1. The maximum Gasteiger partial charge on any atom is 0.254 e. The minimum atomic E-state index is -1.07. The minimum Gasteiger partial charge on any atom is -0.477 e. The molecule has 3 N–H and O–H groups in total. The number of pyridine rings is 1. The Bertz CT molecular complexity index is 1080. The first-order valence-electron chi connectivity index (χ1n) is 15.4. The number of ether oxygens (including phenoxy) is 1. The number of halogens is 1. The number of carbonyl (C=O) groups excluding carboxylic acids is 2. The molecule has 0 spiro atoms. The fourth-order valence-corrected chi connectivity index (χ4v) is 5.28. The van der Waals surface area contributed by atoms with Crippen molar-refractivity contribution in [1.29, 1.82) is 0 Å². The van der Waals surface area contributed by atoms with Crippen molar-refractivity contribution in [1.82, 2.24) is 14.8 Å². The van der Waals surface area contributed by atoms with E-state index >= 15 is 0 Å². The summed E-state index contributed by atoms with van der Waals surface area (Å²) in [5, 5.41) is 9.83. The van der Waals surface area contributed by atoms with E-state index in [0.29, 0.717) is 56.3 Å². The van der Waals surface area contributed by atoms with Crippen LogP contribution < -0.4 is 10.5 Å². The molecule has 1 aromatic heterocycles. The number of primary amides is 1. The molecule has 3 heterocycles. The van der Waals surface area contributed by atoms with E-state index in [0.717, 1.165) is 37.1 Å². The molecule has 0 aliphatic carbocycles. The van der Waals surface area contributed by atoms with Gasteiger partial charge in [0.2, 0.25) is 11.8 Å². The van der Waals surface area contributed by atoms with Gasteiger partial charge >= 0.3 is 0 Å². The van der Waals surface area contributed by atoms with Crippen LogP contribution in [-0.4, -0.2) is 82.3 Å². The average molecular weight is 587 g/mol. The van der Waals surface area contributed by atoms with Crippen LogP contribution in [-0.2, 0) is 4.79 Å². The van der Waals surface area contributed by atoms with E-state index < -0.39 is 11.8 Å². The Labute approximate surface area is 251 Å². The number of rotatable bonds is 9. The molecule has 2 unspecified atom stereocenters. The van der Waals surface area contributed by atoms with E-state index in [-0.39, 0.29) is 17.9 Å². The van der Waals surface area contributed by atoms with Crippen molar-refractivity contribution in [2.75, 3.05) is 32.8 Å². The Balaban J connectivity index is 0.000000947. The van der Waals surface area contributed by atoms with E-state index in [1.807, 2.05) is 71.0 Å². The van der Waals surface area contributed by atoms with Crippen LogP contribution in [0.2, 0.25) is 0 Å². The van der Waals surface area contributed by atoms with Gasteiger partial charge in [-0.1, -0.05) is 39.8 Å². The van der Waals surface area contributed by atoms with Crippen molar-refractivity contribution in [2.45, 2.75) is 91.5 Å². The van der Waals surface area contributed by atoms with Gasteiger partial charge in [-0.05, 0) is 81.8 Å². The van der Waals surface area contributed by atoms with Crippen LogP contribution in [0.1, 0.15) is 84.0 Å². The summed E-state index contributed by atoms with van der Waals surface area (Å²) in [7, 11) is 0. The number of hydrogen-bond acceptors (Lipinski definition) is 6. The second-order valence-corrected chi connectivity index (χ2v) is 11.2. The number of aliphatic hydroxyl groups excluding tert-OH is 1. The van der Waals surface area contributed by atoms with Crippen molar-refractivity contribution in [3.63, 3.8) is 0 Å². The molecule has 4 rings (SSSR count). The number of aromatic nitrogens is 1. The van der Waals surface area contributed by atoms with Crippen LogP contribution in [0.3, 0.4) is 0 Å². The predicted octanol–water partition coefficient (Wildman–Crippen LogP) is 5.48. The molecule has 2 saturated heterocycles. The Morgan fingerprint density at radius 1 is 1.07 bits per heavy atom. The van der Waals surface area contributed by atoms with Crippen molar-refractivity contribution in [3.05, 3.63) is 48.2 Å². The Hall–Kier alpha value is -3.04. The summed E-state index contributed by atoms with van der Waals surface area (Å²) in [5.41, 5.74) is 5.97. The number of likely N-dealkylation sites (tertiary alicyclic amines) is 2. The van der Waals surface area contributed by atoms with Gasteiger partial charge in [-0.3, -0.25) is 9.59 Å². The predicted molar refractivity (Wildman–Crippen MR) is 166 cm³/mol. The maximum atomic E-state index is 14.7. The smallest absolute Gasteiger partial charge is 0.254 e. The highest BCUT2D eigenvalue weighted by Crippen LogP contribution is 2.27. The van der Waals surface area contributed by atoms with Gasteiger partial charge in [0.25, 0.3) is 5.91 Å². The Morgan fingerprint density at radius 2 is 1.64 bits per heavy atom. The molecule has 2 aliphatic rings. The minimum absolute atomic E-state index is 0.0435. The van der Waals surface area contributed by atoms with Crippen molar-refractivity contribution >= 4 is 11.8 Å². The summed E-state index contributed by atoms with van der Waals surface area (Å²) in [5.74, 6) is 0.692. The lowest BCUT2D eigenvalue weighted by molar-refractivity contribution is -0.115. The molecule has 9 heteroatoms. The van der Waals surface area contributed by atoms with Gasteiger partial charge in [0.15, 0.2) is 0 Å². The second-order valence-electron chi connectivity index (χ2n) is 11.2. The van der Waals surface area contributed by atoms with Gasteiger partial charge in [-0.25, -0.2) is 9.37 Å². The lowest BCUT2D eigenvalue weighted by atomic mass is 9.94. The van der Waals surface area contributed by atoms with E-state index in [1.54, 1.807) is 11.1 Å². The number of benzene rings is 1. The van der Waals surface area contributed by atoms with Gasteiger partial charge in [-0.2, -0.15) is 0 Å². The Morgan fingerprint density at radius 3 is 2.12 bits per heavy atom. The van der Waals surface area contributed by atoms with Crippen LogP contribution in [0.4, 0.5) is 4.39 Å². The molecular weight excluding hydrogens is 535 g/mol. The van der Waals surface area contributed by atoms with Gasteiger partial charge in [0.1, 0.15) is 5.67 Å². The van der Waals surface area contributed by atoms with Gasteiger partial charge in [-0.15, -0.1) is 0 Å². The van der Waals surface area contributed by atoms with Crippen molar-refractivity contribution in [3.8, 4) is 17.0 Å². The van der Waals surface area contributed by atoms with Gasteiger partial charge < -0.3 is 25.4 Å². The van der Waals surface area contributed by atoms with Crippen molar-refractivity contribution in [2.24, 2.45) is 11.7 Å². The number of nitrogens with zero attached hydrogens (tertiary/aromatic N) is 3. The highest BCUT2D eigenvalue weighted by Gasteiger charge is 2.32. The zero-order chi connectivity index (χ0) is 31.3. The highest BCUT2D eigenvalue weighted by molar-refractivity contribution is 5.95. The van der Waals surface area contributed by atoms with Crippen LogP contribution >= 0.6 is 0 Å². The maximum absolute atomic E-state index is 14.7. The first-order chi connectivity index (χ1) is 20.0. The van der Waals surface area contributed by atoms with Crippen LogP contribution in [0, 0.1) is 5.92 Å². The molecule has 0 saturated carbocycles. The van der Waals surface area contributed by atoms with E-state index in [1.165, 1.54) is 6.92 Å². The largest absolute Gasteiger partial charge is 0.477 e. The van der Waals surface area contributed by atoms with Gasteiger partial charge in [0.05, 0.1) is 12.7 Å². The number of carbonyl (C=O) groups is 2. The summed E-state index contributed by atoms with van der Waals surface area (Å²) in [4.78, 5) is 30.5. The third-order valence-corrected chi connectivity index (χ3v) is 7.96. The normalized spacial score (nSPS) is 19.3. The molecule has 2 atom stereocenters. The number of β-amino-alcohol motifs (C(OH)–C–C–N with tert-alkyl or cyclic N) is 1. The molecule has 2 fully saturated rings. The first kappa shape index (κ1) is 35.2. The van der Waals surface area contributed by atoms with Crippen LogP contribution in [0.15, 0.2) is 42.6 Å². The van der Waals surface area contributed by atoms with E-state index in [4.69, 9.17) is 4.74 Å². The standard InChI is InChI=1S/C29H40FN3O3.C2H5NO.C2H6/c1-4-29(30,5-2)20-32-14-12-22(13-15-32)19-36-27-11-10-25(17-31-27)23-6-8-24(9-7-23)28(35)33-18-26(34)16-21(33)3;1-2(3)4;1-2/h6-11,17,21-22,26,34H,4-5,12-16,18-20H2,1-3H3;1H3,(H2,3,4);1-2H3. The molecule has 0 radical (unpaired) electrons. The summed E-state index contributed by atoms with van der Waals surface area (Å²) in [6.07, 6.45) is 5.15. The van der Waals surface area contributed by atoms with Crippen molar-refractivity contribution < 1.29 is 23.8 Å². The first-order valence-corrected chi connectivity index (χ1v) is 15.4. The molecule has 2 aromatic rings. The Kier molecular flexibility index (Phi) is 14.4. The second kappa shape index (κ2) is 17.2.